The highest BCUT2D eigenvalue weighted by atomic mass is 32.2. The number of methoxy groups -OCH3 is 1. The van der Waals surface area contributed by atoms with Crippen LogP contribution in [0.4, 0.5) is 5.69 Å². The molecule has 1 aromatic carbocycles. The van der Waals surface area contributed by atoms with Gasteiger partial charge in [0, 0.05) is 6.08 Å². The van der Waals surface area contributed by atoms with Crippen LogP contribution in [0.25, 0.3) is 6.08 Å². The number of hydrogen-bond acceptors (Lipinski definition) is 6. The SMILES string of the molecule is COC(=O)c1ccccc1N1C(=O)/C(=C\c2ccco2)SC1=S. The molecule has 0 atom stereocenters. The van der Waals surface area contributed by atoms with Crippen molar-refractivity contribution in [2.45, 2.75) is 0 Å². The summed E-state index contributed by atoms with van der Waals surface area (Å²) >= 11 is 6.46. The molecule has 0 aliphatic carbocycles. The van der Waals surface area contributed by atoms with Crippen molar-refractivity contribution in [1.29, 1.82) is 0 Å². The van der Waals surface area contributed by atoms with Crippen molar-refractivity contribution in [3.05, 3.63) is 58.9 Å². The second-order valence-electron chi connectivity index (χ2n) is 4.54. The van der Waals surface area contributed by atoms with E-state index in [0.717, 1.165) is 11.8 Å². The first kappa shape index (κ1) is 15.5. The normalized spacial score (nSPS) is 16.2. The summed E-state index contributed by atoms with van der Waals surface area (Å²) in [4.78, 5) is 26.3. The molecular weight excluding hydrogens is 334 g/mol. The first-order valence-corrected chi connectivity index (χ1v) is 7.83. The lowest BCUT2D eigenvalue weighted by Crippen LogP contribution is -2.29. The molecule has 1 saturated heterocycles. The summed E-state index contributed by atoms with van der Waals surface area (Å²) < 4.78 is 10.3. The van der Waals surface area contributed by atoms with Crippen LogP contribution < -0.4 is 4.90 Å². The highest BCUT2D eigenvalue weighted by Crippen LogP contribution is 2.37. The van der Waals surface area contributed by atoms with Gasteiger partial charge < -0.3 is 9.15 Å². The monoisotopic (exact) mass is 345 g/mol. The van der Waals surface area contributed by atoms with E-state index in [1.165, 1.54) is 18.3 Å². The average molecular weight is 345 g/mol. The van der Waals surface area contributed by atoms with Gasteiger partial charge >= 0.3 is 5.97 Å². The molecule has 116 valence electrons. The Labute approximate surface area is 141 Å². The van der Waals surface area contributed by atoms with Gasteiger partial charge in [0.1, 0.15) is 5.76 Å². The van der Waals surface area contributed by atoms with E-state index in [9.17, 15) is 9.59 Å². The number of thiocarbonyl (C=S) groups is 1. The third kappa shape index (κ3) is 2.93. The maximum atomic E-state index is 12.7. The number of thioether (sulfide) groups is 1. The second kappa shape index (κ2) is 6.39. The van der Waals surface area contributed by atoms with Gasteiger partial charge in [0.2, 0.25) is 0 Å². The van der Waals surface area contributed by atoms with E-state index in [-0.39, 0.29) is 11.5 Å². The molecule has 5 nitrogen and oxygen atoms in total. The van der Waals surface area contributed by atoms with E-state index in [0.29, 0.717) is 20.7 Å². The Kier molecular flexibility index (Phi) is 4.31. The molecule has 0 unspecified atom stereocenters. The van der Waals surface area contributed by atoms with Crippen molar-refractivity contribution in [2.75, 3.05) is 12.0 Å². The van der Waals surface area contributed by atoms with Gasteiger partial charge in [-0.2, -0.15) is 0 Å². The van der Waals surface area contributed by atoms with Crippen molar-refractivity contribution < 1.29 is 18.7 Å². The van der Waals surface area contributed by atoms with Crippen molar-refractivity contribution in [3.63, 3.8) is 0 Å². The minimum absolute atomic E-state index is 0.283. The Morgan fingerprint density at radius 3 is 2.78 bits per heavy atom. The summed E-state index contributed by atoms with van der Waals surface area (Å²) in [7, 11) is 1.29. The summed E-state index contributed by atoms with van der Waals surface area (Å²) in [5.74, 6) is -0.260. The van der Waals surface area contributed by atoms with Crippen LogP contribution in [0.5, 0.6) is 0 Å². The number of benzene rings is 1. The summed E-state index contributed by atoms with van der Waals surface area (Å²) in [6.45, 7) is 0. The standard InChI is InChI=1S/C16H11NO4S2/c1-20-15(19)11-6-2-3-7-12(11)17-14(18)13(23-16(17)22)9-10-5-4-8-21-10/h2-9H,1H3/b13-9+. The molecule has 0 spiro atoms. The van der Waals surface area contributed by atoms with E-state index >= 15 is 0 Å². The molecule has 0 N–H and O–H groups in total. The van der Waals surface area contributed by atoms with Gasteiger partial charge in [-0.15, -0.1) is 0 Å². The molecule has 23 heavy (non-hydrogen) atoms. The number of para-hydroxylation sites is 1. The molecular formula is C16H11NO4S2. The molecule has 2 aromatic rings. The summed E-state index contributed by atoms with van der Waals surface area (Å²) in [5, 5.41) is 0. The van der Waals surface area contributed by atoms with Crippen LogP contribution in [0, 0.1) is 0 Å². The zero-order chi connectivity index (χ0) is 16.4. The lowest BCUT2D eigenvalue weighted by atomic mass is 10.1. The molecule has 3 rings (SSSR count). The molecule has 1 fully saturated rings. The van der Waals surface area contributed by atoms with Crippen molar-refractivity contribution in [1.82, 2.24) is 0 Å². The van der Waals surface area contributed by atoms with Crippen LogP contribution >= 0.6 is 24.0 Å². The largest absolute Gasteiger partial charge is 0.465 e. The number of anilines is 1. The third-order valence-electron chi connectivity index (χ3n) is 3.16. The van der Waals surface area contributed by atoms with E-state index in [4.69, 9.17) is 21.4 Å². The van der Waals surface area contributed by atoms with Crippen LogP contribution in [0.2, 0.25) is 0 Å². The number of amides is 1. The number of rotatable bonds is 3. The van der Waals surface area contributed by atoms with Crippen LogP contribution in [-0.2, 0) is 9.53 Å². The molecule has 7 heteroatoms. The zero-order valence-electron chi connectivity index (χ0n) is 12.0. The molecule has 1 aliphatic heterocycles. The molecule has 1 aromatic heterocycles. The zero-order valence-corrected chi connectivity index (χ0v) is 13.6. The molecule has 1 aliphatic rings. The number of carbonyl (C=O) groups excluding carboxylic acids is 2. The van der Waals surface area contributed by atoms with E-state index in [2.05, 4.69) is 0 Å². The van der Waals surface area contributed by atoms with Gasteiger partial charge in [-0.1, -0.05) is 36.1 Å². The van der Waals surface area contributed by atoms with E-state index < -0.39 is 5.97 Å². The smallest absolute Gasteiger partial charge is 0.339 e. The Bertz CT molecular complexity index is 811. The molecule has 1 amide bonds. The molecule has 0 radical (unpaired) electrons. The van der Waals surface area contributed by atoms with Crippen LogP contribution in [-0.4, -0.2) is 23.3 Å². The maximum absolute atomic E-state index is 12.7. The van der Waals surface area contributed by atoms with Crippen LogP contribution in [0.1, 0.15) is 16.1 Å². The first-order valence-electron chi connectivity index (χ1n) is 6.60. The Morgan fingerprint density at radius 1 is 1.30 bits per heavy atom. The Balaban J connectivity index is 2.00. The average Bonchev–Trinajstić information content (AvgIpc) is 3.16. The minimum Gasteiger partial charge on any atom is -0.465 e. The fourth-order valence-electron chi connectivity index (χ4n) is 2.13. The number of ether oxygens (including phenoxy) is 1. The molecule has 2 heterocycles. The quantitative estimate of drug-likeness (QED) is 0.482. The van der Waals surface area contributed by atoms with Gasteiger partial charge in [0.05, 0.1) is 29.5 Å². The fourth-order valence-corrected chi connectivity index (χ4v) is 3.39. The first-order chi connectivity index (χ1) is 11.1. The van der Waals surface area contributed by atoms with Crippen molar-refractivity contribution in [3.8, 4) is 0 Å². The number of hydrogen-bond donors (Lipinski definition) is 0. The van der Waals surface area contributed by atoms with Gasteiger partial charge in [-0.3, -0.25) is 9.69 Å². The maximum Gasteiger partial charge on any atom is 0.339 e. The minimum atomic E-state index is -0.523. The number of furan rings is 1. The summed E-state index contributed by atoms with van der Waals surface area (Å²) in [5.41, 5.74) is 0.690. The lowest BCUT2D eigenvalue weighted by Gasteiger charge is -2.17. The van der Waals surface area contributed by atoms with Crippen LogP contribution in [0.15, 0.2) is 52.0 Å². The molecule has 0 bridgehead atoms. The van der Waals surface area contributed by atoms with Crippen molar-refractivity contribution >= 4 is 51.9 Å². The Hall–Kier alpha value is -2.38. The number of esters is 1. The fraction of sp³-hybridized carbons (Fsp3) is 0.0625. The van der Waals surface area contributed by atoms with Gasteiger partial charge in [-0.25, -0.2) is 4.79 Å². The summed E-state index contributed by atoms with van der Waals surface area (Å²) in [6, 6.07) is 10.2. The summed E-state index contributed by atoms with van der Waals surface area (Å²) in [6.07, 6.45) is 3.15. The number of nitrogens with zero attached hydrogens (tertiary/aromatic N) is 1. The van der Waals surface area contributed by atoms with Crippen LogP contribution in [0.3, 0.4) is 0 Å². The van der Waals surface area contributed by atoms with Gasteiger partial charge in [0.15, 0.2) is 4.32 Å². The molecule has 0 saturated carbocycles. The predicted octanol–water partition coefficient (Wildman–Crippen LogP) is 3.47. The predicted molar refractivity (Wildman–Crippen MR) is 92.1 cm³/mol. The topological polar surface area (TPSA) is 59.8 Å². The van der Waals surface area contributed by atoms with Crippen molar-refractivity contribution in [2.24, 2.45) is 0 Å². The Morgan fingerprint density at radius 2 is 2.09 bits per heavy atom. The second-order valence-corrected chi connectivity index (χ2v) is 6.22. The van der Waals surface area contributed by atoms with Gasteiger partial charge in [-0.05, 0) is 24.3 Å². The highest BCUT2D eigenvalue weighted by Gasteiger charge is 2.35. The van der Waals surface area contributed by atoms with E-state index in [1.807, 2.05) is 0 Å². The highest BCUT2D eigenvalue weighted by molar-refractivity contribution is 8.27. The van der Waals surface area contributed by atoms with E-state index in [1.54, 1.807) is 42.5 Å². The number of carbonyl (C=O) groups is 2. The third-order valence-corrected chi connectivity index (χ3v) is 4.46. The lowest BCUT2D eigenvalue weighted by molar-refractivity contribution is -0.113. The van der Waals surface area contributed by atoms with Gasteiger partial charge in [0.25, 0.3) is 5.91 Å².